The molecule has 1 aliphatic rings. The van der Waals surface area contributed by atoms with Crippen molar-refractivity contribution in [1.29, 1.82) is 0 Å². The highest BCUT2D eigenvalue weighted by Crippen LogP contribution is 2.26. The molecule has 0 unspecified atom stereocenters. The van der Waals surface area contributed by atoms with Crippen molar-refractivity contribution in [3.8, 4) is 23.0 Å². The summed E-state index contributed by atoms with van der Waals surface area (Å²) in [4.78, 5) is 26.5. The van der Waals surface area contributed by atoms with Gasteiger partial charge < -0.3 is 14.2 Å². The molecular weight excluding hydrogens is 428 g/mol. The Bertz CT molecular complexity index is 1310. The highest BCUT2D eigenvalue weighted by Gasteiger charge is 2.26. The fourth-order valence-electron chi connectivity index (χ4n) is 4.26. The van der Waals surface area contributed by atoms with E-state index in [4.69, 9.17) is 9.40 Å². The average Bonchev–Trinajstić information content (AvgIpc) is 3.35. The van der Waals surface area contributed by atoms with E-state index in [2.05, 4.69) is 20.1 Å². The smallest absolute Gasteiger partial charge is 0.268 e. The summed E-state index contributed by atoms with van der Waals surface area (Å²) in [6, 6.07) is 15.6. The van der Waals surface area contributed by atoms with Crippen LogP contribution in [-0.2, 0) is 0 Å². The van der Waals surface area contributed by atoms with Gasteiger partial charge in [-0.2, -0.15) is 0 Å². The third-order valence-corrected chi connectivity index (χ3v) is 6.18. The highest BCUT2D eigenvalue weighted by atomic mass is 16.4. The zero-order chi connectivity index (χ0) is 23.7. The predicted octanol–water partition coefficient (Wildman–Crippen LogP) is 4.33. The molecule has 0 radical (unpaired) electrons. The van der Waals surface area contributed by atoms with Crippen LogP contribution in [0.3, 0.4) is 0 Å². The maximum atomic E-state index is 13.1. The van der Waals surface area contributed by atoms with Gasteiger partial charge in [-0.05, 0) is 44.0 Å². The molecule has 0 atom stereocenters. The van der Waals surface area contributed by atoms with Gasteiger partial charge in [-0.1, -0.05) is 36.4 Å². The molecule has 3 heterocycles. The minimum atomic E-state index is 0. The number of hydrogen-bond acceptors (Lipinski definition) is 7. The molecule has 2 aromatic heterocycles. The second-order valence-electron chi connectivity index (χ2n) is 8.49. The molecule has 4 aromatic rings. The van der Waals surface area contributed by atoms with E-state index in [0.717, 1.165) is 33.8 Å². The Balaban J connectivity index is 0.00000289. The molecule has 0 saturated carbocycles. The Morgan fingerprint density at radius 3 is 2.26 bits per heavy atom. The van der Waals surface area contributed by atoms with Crippen molar-refractivity contribution in [3.63, 3.8) is 0 Å². The standard InChI is InChI=1S/C26H26N6O2.H2/c1-17-8-7-9-18(2)22(17)26(33)32-14-12-31(13-15-32)21-16-27-19(3)23(28-21)25-30-29-24(34-25)20-10-5-4-6-11-20;/h4-11,16H,12-15H2,1-3H3;1H. The second-order valence-corrected chi connectivity index (χ2v) is 8.49. The van der Waals surface area contributed by atoms with Gasteiger partial charge in [0.1, 0.15) is 5.82 Å². The molecule has 8 nitrogen and oxygen atoms in total. The van der Waals surface area contributed by atoms with Gasteiger partial charge in [-0.15, -0.1) is 10.2 Å². The Labute approximate surface area is 199 Å². The summed E-state index contributed by atoms with van der Waals surface area (Å²) in [6.45, 7) is 8.44. The van der Waals surface area contributed by atoms with Gasteiger partial charge in [0, 0.05) is 38.7 Å². The first-order chi connectivity index (χ1) is 16.5. The van der Waals surface area contributed by atoms with Crippen molar-refractivity contribution in [3.05, 3.63) is 77.1 Å². The molecule has 2 aromatic carbocycles. The van der Waals surface area contributed by atoms with E-state index in [1.807, 2.05) is 74.2 Å². The molecule has 0 aliphatic carbocycles. The van der Waals surface area contributed by atoms with Crippen molar-refractivity contribution in [2.45, 2.75) is 20.8 Å². The normalized spacial score (nSPS) is 13.9. The molecule has 34 heavy (non-hydrogen) atoms. The van der Waals surface area contributed by atoms with Crippen molar-refractivity contribution in [2.24, 2.45) is 0 Å². The van der Waals surface area contributed by atoms with E-state index in [-0.39, 0.29) is 7.33 Å². The quantitative estimate of drug-likeness (QED) is 0.452. The van der Waals surface area contributed by atoms with Crippen LogP contribution in [0.1, 0.15) is 28.6 Å². The number of aryl methyl sites for hydroxylation is 3. The Kier molecular flexibility index (Phi) is 5.79. The molecule has 174 valence electrons. The predicted molar refractivity (Wildman–Crippen MR) is 132 cm³/mol. The molecule has 0 N–H and O–H groups in total. The van der Waals surface area contributed by atoms with Crippen molar-refractivity contribution >= 4 is 11.7 Å². The van der Waals surface area contributed by atoms with Crippen LogP contribution in [0, 0.1) is 20.8 Å². The zero-order valence-electron chi connectivity index (χ0n) is 19.5. The summed E-state index contributed by atoms with van der Waals surface area (Å²) < 4.78 is 5.90. The lowest BCUT2D eigenvalue weighted by Crippen LogP contribution is -2.49. The maximum absolute atomic E-state index is 13.1. The molecule has 1 aliphatic heterocycles. The largest absolute Gasteiger partial charge is 0.415 e. The number of benzene rings is 2. The molecule has 1 saturated heterocycles. The number of anilines is 1. The Hall–Kier alpha value is -4.07. The lowest BCUT2D eigenvalue weighted by Gasteiger charge is -2.35. The van der Waals surface area contributed by atoms with Crippen LogP contribution in [-0.4, -0.2) is 57.2 Å². The number of hydrogen-bond donors (Lipinski definition) is 0. The topological polar surface area (TPSA) is 88.3 Å². The van der Waals surface area contributed by atoms with Crippen LogP contribution in [0.2, 0.25) is 0 Å². The number of piperazine rings is 1. The van der Waals surface area contributed by atoms with Crippen LogP contribution in [0.4, 0.5) is 5.82 Å². The van der Waals surface area contributed by atoms with Crippen molar-refractivity contribution < 1.29 is 10.6 Å². The minimum Gasteiger partial charge on any atom is -0.415 e. The van der Waals surface area contributed by atoms with E-state index in [9.17, 15) is 4.79 Å². The third-order valence-electron chi connectivity index (χ3n) is 6.18. The zero-order valence-corrected chi connectivity index (χ0v) is 19.5. The summed E-state index contributed by atoms with van der Waals surface area (Å²) in [6.07, 6.45) is 1.76. The van der Waals surface area contributed by atoms with Crippen LogP contribution in [0.25, 0.3) is 23.0 Å². The minimum absolute atomic E-state index is 0. The first kappa shape index (κ1) is 21.8. The molecule has 1 amide bonds. The van der Waals surface area contributed by atoms with E-state index in [1.54, 1.807) is 6.20 Å². The van der Waals surface area contributed by atoms with E-state index in [0.29, 0.717) is 43.7 Å². The number of amides is 1. The molecular formula is C26H28N6O2. The molecule has 0 bridgehead atoms. The number of carbonyl (C=O) groups excluding carboxylic acids is 1. The van der Waals surface area contributed by atoms with Crippen LogP contribution >= 0.6 is 0 Å². The molecule has 0 spiro atoms. The summed E-state index contributed by atoms with van der Waals surface area (Å²) >= 11 is 0. The maximum Gasteiger partial charge on any atom is 0.268 e. The average molecular weight is 457 g/mol. The monoisotopic (exact) mass is 456 g/mol. The number of aromatic nitrogens is 4. The van der Waals surface area contributed by atoms with Gasteiger partial charge in [0.05, 0.1) is 11.9 Å². The molecule has 8 heteroatoms. The lowest BCUT2D eigenvalue weighted by molar-refractivity contribution is 0.0745. The second kappa shape index (κ2) is 9.05. The van der Waals surface area contributed by atoms with Crippen molar-refractivity contribution in [2.75, 3.05) is 31.1 Å². The highest BCUT2D eigenvalue weighted by molar-refractivity contribution is 5.97. The summed E-state index contributed by atoms with van der Waals surface area (Å²) in [7, 11) is 0. The van der Waals surface area contributed by atoms with Crippen LogP contribution in [0.5, 0.6) is 0 Å². The summed E-state index contributed by atoms with van der Waals surface area (Å²) in [5, 5.41) is 8.38. The number of rotatable bonds is 4. The van der Waals surface area contributed by atoms with Crippen LogP contribution in [0.15, 0.2) is 59.1 Å². The number of nitrogens with zero attached hydrogens (tertiary/aromatic N) is 6. The van der Waals surface area contributed by atoms with Gasteiger partial charge >= 0.3 is 0 Å². The van der Waals surface area contributed by atoms with Crippen LogP contribution < -0.4 is 4.90 Å². The fourth-order valence-corrected chi connectivity index (χ4v) is 4.26. The number of carbonyl (C=O) groups is 1. The van der Waals surface area contributed by atoms with Gasteiger partial charge in [-0.25, -0.2) is 4.98 Å². The van der Waals surface area contributed by atoms with Gasteiger partial charge in [-0.3, -0.25) is 9.78 Å². The van der Waals surface area contributed by atoms with E-state index in [1.165, 1.54) is 0 Å². The van der Waals surface area contributed by atoms with Crippen molar-refractivity contribution in [1.82, 2.24) is 25.1 Å². The fraction of sp³-hybridized carbons (Fsp3) is 0.269. The first-order valence-corrected chi connectivity index (χ1v) is 11.3. The van der Waals surface area contributed by atoms with Gasteiger partial charge in [0.15, 0.2) is 5.69 Å². The third kappa shape index (κ3) is 4.14. The summed E-state index contributed by atoms with van der Waals surface area (Å²) in [5.74, 6) is 1.61. The lowest BCUT2D eigenvalue weighted by atomic mass is 10.0. The molecule has 5 rings (SSSR count). The first-order valence-electron chi connectivity index (χ1n) is 11.3. The molecule has 1 fully saturated rings. The Morgan fingerprint density at radius 2 is 1.56 bits per heavy atom. The Morgan fingerprint density at radius 1 is 0.882 bits per heavy atom. The summed E-state index contributed by atoms with van der Waals surface area (Å²) in [5.41, 5.74) is 4.97. The van der Waals surface area contributed by atoms with Gasteiger partial charge in [0.25, 0.3) is 11.8 Å². The van der Waals surface area contributed by atoms with E-state index >= 15 is 0 Å². The van der Waals surface area contributed by atoms with E-state index < -0.39 is 0 Å². The van der Waals surface area contributed by atoms with Gasteiger partial charge in [0.2, 0.25) is 5.89 Å². The SMILES string of the molecule is Cc1cccc(C)c1C(=O)N1CCN(c2cnc(C)c(-c3nnc(-c4ccccc4)o3)n2)CC1.[HH].